The van der Waals surface area contributed by atoms with Crippen molar-refractivity contribution in [3.8, 4) is 0 Å². The predicted octanol–water partition coefficient (Wildman–Crippen LogP) is 2.93. The zero-order valence-corrected chi connectivity index (χ0v) is 16.7. The van der Waals surface area contributed by atoms with Crippen LogP contribution in [0.3, 0.4) is 0 Å². The van der Waals surface area contributed by atoms with E-state index >= 15 is 0 Å². The summed E-state index contributed by atoms with van der Waals surface area (Å²) in [4.78, 5) is 27.8. The molecule has 2 amide bonds. The fourth-order valence-electron chi connectivity index (χ4n) is 3.45. The van der Waals surface area contributed by atoms with Gasteiger partial charge < -0.3 is 10.6 Å². The Morgan fingerprint density at radius 3 is 2.21 bits per heavy atom. The van der Waals surface area contributed by atoms with Crippen LogP contribution in [0.1, 0.15) is 18.9 Å². The lowest BCUT2D eigenvalue weighted by Crippen LogP contribution is -2.36. The van der Waals surface area contributed by atoms with Gasteiger partial charge in [0.15, 0.2) is 0 Å². The minimum Gasteiger partial charge on any atom is -0.326 e. The molecule has 2 aromatic carbocycles. The summed E-state index contributed by atoms with van der Waals surface area (Å²) in [5, 5.41) is 5.59. The van der Waals surface area contributed by atoms with Gasteiger partial charge in [0.25, 0.3) is 0 Å². The van der Waals surface area contributed by atoms with Crippen molar-refractivity contribution >= 4 is 23.2 Å². The van der Waals surface area contributed by atoms with Crippen LogP contribution in [0.2, 0.25) is 0 Å². The molecule has 6 nitrogen and oxygen atoms in total. The molecule has 1 heterocycles. The van der Waals surface area contributed by atoms with Crippen LogP contribution in [0.4, 0.5) is 15.8 Å². The Morgan fingerprint density at radius 1 is 0.897 bits per heavy atom. The molecule has 0 aliphatic carbocycles. The molecule has 0 aromatic heterocycles. The Balaban J connectivity index is 1.46. The molecule has 154 valence electrons. The first kappa shape index (κ1) is 21.0. The lowest BCUT2D eigenvalue weighted by molar-refractivity contribution is -0.117. The lowest BCUT2D eigenvalue weighted by Gasteiger charge is -2.21. The first-order valence-corrected chi connectivity index (χ1v) is 9.85. The Hall–Kier alpha value is -2.77. The van der Waals surface area contributed by atoms with Crippen molar-refractivity contribution in [3.63, 3.8) is 0 Å². The van der Waals surface area contributed by atoms with E-state index in [1.165, 1.54) is 13.0 Å². The quantitative estimate of drug-likeness (QED) is 0.785. The standard InChI is InChI=1S/C22H27FN4O2/c1-17(28)24-19-7-9-20(10-8-19)25-22(29)16-27-12-4-11-26(13-14-27)15-18-5-2-3-6-21(18)23/h2-3,5-10H,4,11-16H2,1H3,(H,24,28)(H,25,29). The maximum atomic E-state index is 13.9. The smallest absolute Gasteiger partial charge is 0.238 e. The van der Waals surface area contributed by atoms with E-state index in [9.17, 15) is 14.0 Å². The summed E-state index contributed by atoms with van der Waals surface area (Å²) in [6.07, 6.45) is 0.938. The van der Waals surface area contributed by atoms with Gasteiger partial charge in [0, 0.05) is 43.5 Å². The van der Waals surface area contributed by atoms with E-state index in [0.29, 0.717) is 30.0 Å². The number of halogens is 1. The van der Waals surface area contributed by atoms with Crippen LogP contribution in [-0.4, -0.2) is 54.3 Å². The van der Waals surface area contributed by atoms with Gasteiger partial charge >= 0.3 is 0 Å². The van der Waals surface area contributed by atoms with Gasteiger partial charge in [-0.15, -0.1) is 0 Å². The van der Waals surface area contributed by atoms with Crippen LogP contribution < -0.4 is 10.6 Å². The highest BCUT2D eigenvalue weighted by Crippen LogP contribution is 2.15. The minimum absolute atomic E-state index is 0.0696. The SMILES string of the molecule is CC(=O)Nc1ccc(NC(=O)CN2CCCN(Cc3ccccc3F)CC2)cc1. The second kappa shape index (κ2) is 10.1. The monoisotopic (exact) mass is 398 g/mol. The molecule has 0 spiro atoms. The van der Waals surface area contributed by atoms with E-state index in [1.807, 2.05) is 12.1 Å². The molecule has 1 aliphatic heterocycles. The molecule has 0 unspecified atom stereocenters. The van der Waals surface area contributed by atoms with Gasteiger partial charge in [0.2, 0.25) is 11.8 Å². The highest BCUT2D eigenvalue weighted by atomic mass is 19.1. The number of carbonyl (C=O) groups is 2. The molecular formula is C22H27FN4O2. The fraction of sp³-hybridized carbons (Fsp3) is 0.364. The molecule has 1 saturated heterocycles. The van der Waals surface area contributed by atoms with E-state index < -0.39 is 0 Å². The first-order valence-electron chi connectivity index (χ1n) is 9.85. The summed E-state index contributed by atoms with van der Waals surface area (Å²) in [5.74, 6) is -0.371. The summed E-state index contributed by atoms with van der Waals surface area (Å²) in [5.41, 5.74) is 2.10. The number of nitrogens with zero attached hydrogens (tertiary/aromatic N) is 2. The van der Waals surface area contributed by atoms with Gasteiger partial charge in [0.1, 0.15) is 5.82 Å². The van der Waals surface area contributed by atoms with E-state index in [1.54, 1.807) is 30.3 Å². The molecule has 0 saturated carbocycles. The molecular weight excluding hydrogens is 371 g/mol. The van der Waals surface area contributed by atoms with Crippen LogP contribution in [0.25, 0.3) is 0 Å². The van der Waals surface area contributed by atoms with Crippen molar-refractivity contribution in [2.45, 2.75) is 19.9 Å². The molecule has 3 rings (SSSR count). The first-order chi connectivity index (χ1) is 14.0. The Morgan fingerprint density at radius 2 is 1.52 bits per heavy atom. The topological polar surface area (TPSA) is 64.7 Å². The van der Waals surface area contributed by atoms with Gasteiger partial charge in [-0.25, -0.2) is 4.39 Å². The van der Waals surface area contributed by atoms with Crippen molar-refractivity contribution in [1.29, 1.82) is 0 Å². The van der Waals surface area contributed by atoms with E-state index in [0.717, 1.165) is 32.6 Å². The van der Waals surface area contributed by atoms with Crippen molar-refractivity contribution < 1.29 is 14.0 Å². The van der Waals surface area contributed by atoms with Crippen molar-refractivity contribution in [1.82, 2.24) is 9.80 Å². The second-order valence-corrected chi connectivity index (χ2v) is 7.30. The maximum Gasteiger partial charge on any atom is 0.238 e. The van der Waals surface area contributed by atoms with Crippen LogP contribution in [0.5, 0.6) is 0 Å². The number of rotatable bonds is 6. The Bertz CT molecular complexity index is 841. The van der Waals surface area contributed by atoms with E-state index in [2.05, 4.69) is 20.4 Å². The average molecular weight is 398 g/mol. The third-order valence-electron chi connectivity index (χ3n) is 4.89. The van der Waals surface area contributed by atoms with Gasteiger partial charge in [-0.3, -0.25) is 19.4 Å². The molecule has 1 fully saturated rings. The van der Waals surface area contributed by atoms with Crippen molar-refractivity contribution in [2.75, 3.05) is 43.4 Å². The van der Waals surface area contributed by atoms with E-state index in [-0.39, 0.29) is 17.6 Å². The largest absolute Gasteiger partial charge is 0.326 e. The molecule has 0 bridgehead atoms. The molecule has 0 atom stereocenters. The summed E-state index contributed by atoms with van der Waals surface area (Å²) in [6, 6.07) is 13.9. The molecule has 1 aliphatic rings. The third kappa shape index (κ3) is 6.66. The zero-order chi connectivity index (χ0) is 20.6. The zero-order valence-electron chi connectivity index (χ0n) is 16.7. The van der Waals surface area contributed by atoms with Crippen LogP contribution in [0, 0.1) is 5.82 Å². The van der Waals surface area contributed by atoms with Crippen LogP contribution in [0.15, 0.2) is 48.5 Å². The van der Waals surface area contributed by atoms with E-state index in [4.69, 9.17) is 0 Å². The normalized spacial score (nSPS) is 15.5. The number of hydrogen-bond acceptors (Lipinski definition) is 4. The van der Waals surface area contributed by atoms with Gasteiger partial charge in [0.05, 0.1) is 6.54 Å². The summed E-state index contributed by atoms with van der Waals surface area (Å²) in [6.45, 7) is 5.65. The fourth-order valence-corrected chi connectivity index (χ4v) is 3.45. The summed E-state index contributed by atoms with van der Waals surface area (Å²) < 4.78 is 13.9. The molecule has 2 aromatic rings. The number of hydrogen-bond donors (Lipinski definition) is 2. The molecule has 2 N–H and O–H groups in total. The Kier molecular flexibility index (Phi) is 7.32. The Labute approximate surface area is 170 Å². The second-order valence-electron chi connectivity index (χ2n) is 7.30. The number of amides is 2. The van der Waals surface area contributed by atoms with Crippen molar-refractivity contribution in [3.05, 3.63) is 59.9 Å². The number of carbonyl (C=O) groups excluding carboxylic acids is 2. The third-order valence-corrected chi connectivity index (χ3v) is 4.89. The number of nitrogens with one attached hydrogen (secondary N) is 2. The minimum atomic E-state index is -0.169. The highest BCUT2D eigenvalue weighted by Gasteiger charge is 2.18. The summed E-state index contributed by atoms with van der Waals surface area (Å²) >= 11 is 0. The van der Waals surface area contributed by atoms with Crippen LogP contribution >= 0.6 is 0 Å². The van der Waals surface area contributed by atoms with Gasteiger partial charge in [-0.2, -0.15) is 0 Å². The number of anilines is 2. The number of benzene rings is 2. The molecule has 0 radical (unpaired) electrons. The maximum absolute atomic E-state index is 13.9. The molecule has 29 heavy (non-hydrogen) atoms. The van der Waals surface area contributed by atoms with Crippen LogP contribution in [-0.2, 0) is 16.1 Å². The van der Waals surface area contributed by atoms with Crippen molar-refractivity contribution in [2.24, 2.45) is 0 Å². The lowest BCUT2D eigenvalue weighted by atomic mass is 10.2. The van der Waals surface area contributed by atoms with Gasteiger partial charge in [-0.05, 0) is 49.8 Å². The highest BCUT2D eigenvalue weighted by molar-refractivity contribution is 5.93. The average Bonchev–Trinajstić information content (AvgIpc) is 2.90. The predicted molar refractivity (Wildman–Crippen MR) is 112 cm³/mol. The summed E-state index contributed by atoms with van der Waals surface area (Å²) in [7, 11) is 0. The van der Waals surface area contributed by atoms with Gasteiger partial charge in [-0.1, -0.05) is 18.2 Å². The molecule has 7 heteroatoms.